The normalized spacial score (nSPS) is 20.2. The first kappa shape index (κ1) is 15.5. The largest absolute Gasteiger partial charge is 0.374 e. The molecule has 2 N–H and O–H groups in total. The Kier molecular flexibility index (Phi) is 5.22. The number of hydrogen-bond donors (Lipinski definition) is 1. The van der Waals surface area contributed by atoms with Gasteiger partial charge >= 0.3 is 0 Å². The Morgan fingerprint density at radius 1 is 1.35 bits per heavy atom. The quantitative estimate of drug-likeness (QED) is 0.870. The molecule has 4 heteroatoms. The summed E-state index contributed by atoms with van der Waals surface area (Å²) in [5.74, 6) is 0. The molecule has 2 rings (SSSR count). The molecule has 0 amide bonds. The first-order chi connectivity index (χ1) is 9.57. The second-order valence-corrected chi connectivity index (χ2v) is 6.25. The Hall–Kier alpha value is -0.870. The minimum Gasteiger partial charge on any atom is -0.374 e. The Morgan fingerprint density at radius 2 is 2.05 bits per heavy atom. The van der Waals surface area contributed by atoms with E-state index in [4.69, 9.17) is 10.5 Å². The van der Waals surface area contributed by atoms with Crippen LogP contribution in [0, 0.1) is 0 Å². The zero-order valence-electron chi connectivity index (χ0n) is 13.1. The fraction of sp³-hybridized carbons (Fsp3) is 0.812. The highest BCUT2D eigenvalue weighted by molar-refractivity contribution is 5.06. The molecule has 0 saturated heterocycles. The molecule has 20 heavy (non-hydrogen) atoms. The van der Waals surface area contributed by atoms with Gasteiger partial charge in [0.2, 0.25) is 0 Å². The third-order valence-corrected chi connectivity index (χ3v) is 4.43. The molecule has 4 nitrogen and oxygen atoms in total. The number of nitrogens with zero attached hydrogens (tertiary/aromatic N) is 2. The SMILES string of the molecule is CCOC1(C(N)Cc2ccn(C(C)C)n2)CCCCC1. The van der Waals surface area contributed by atoms with E-state index < -0.39 is 0 Å². The molecule has 1 unspecified atom stereocenters. The van der Waals surface area contributed by atoms with Gasteiger partial charge < -0.3 is 10.5 Å². The van der Waals surface area contributed by atoms with Gasteiger partial charge in [-0.15, -0.1) is 0 Å². The van der Waals surface area contributed by atoms with E-state index in [9.17, 15) is 0 Å². The standard InChI is InChI=1S/C16H29N3O/c1-4-20-16(9-6-5-7-10-16)15(17)12-14-8-11-19(18-14)13(2)3/h8,11,13,15H,4-7,9-10,12,17H2,1-3H3. The molecule has 0 aromatic carbocycles. The van der Waals surface area contributed by atoms with Gasteiger partial charge in [0, 0.05) is 31.3 Å². The van der Waals surface area contributed by atoms with E-state index in [0.717, 1.165) is 31.6 Å². The number of aromatic nitrogens is 2. The van der Waals surface area contributed by atoms with Crippen molar-refractivity contribution in [2.24, 2.45) is 5.73 Å². The van der Waals surface area contributed by atoms with Crippen molar-refractivity contribution in [2.45, 2.75) is 77.0 Å². The van der Waals surface area contributed by atoms with Gasteiger partial charge in [-0.3, -0.25) is 4.68 Å². The highest BCUT2D eigenvalue weighted by Gasteiger charge is 2.38. The first-order valence-electron chi connectivity index (χ1n) is 8.01. The predicted octanol–water partition coefficient (Wildman–Crippen LogP) is 3.07. The van der Waals surface area contributed by atoms with Crippen LogP contribution in [0.1, 0.15) is 64.6 Å². The zero-order chi connectivity index (χ0) is 14.6. The van der Waals surface area contributed by atoms with Gasteiger partial charge in [0.1, 0.15) is 0 Å². The average molecular weight is 279 g/mol. The van der Waals surface area contributed by atoms with Crippen LogP contribution in [0.4, 0.5) is 0 Å². The summed E-state index contributed by atoms with van der Waals surface area (Å²) < 4.78 is 8.10. The molecule has 1 atom stereocenters. The Morgan fingerprint density at radius 3 is 2.60 bits per heavy atom. The van der Waals surface area contributed by atoms with E-state index in [1.54, 1.807) is 0 Å². The fourth-order valence-corrected chi connectivity index (χ4v) is 3.25. The molecule has 1 heterocycles. The lowest BCUT2D eigenvalue weighted by Crippen LogP contribution is -2.52. The molecule has 1 aromatic rings. The molecule has 0 radical (unpaired) electrons. The summed E-state index contributed by atoms with van der Waals surface area (Å²) in [4.78, 5) is 0. The minimum absolute atomic E-state index is 0.0401. The third-order valence-electron chi connectivity index (χ3n) is 4.43. The molecule has 0 aliphatic heterocycles. The van der Waals surface area contributed by atoms with Gasteiger partial charge in [-0.2, -0.15) is 5.10 Å². The van der Waals surface area contributed by atoms with Crippen molar-refractivity contribution in [3.8, 4) is 0 Å². The van der Waals surface area contributed by atoms with Gasteiger partial charge in [-0.25, -0.2) is 0 Å². The van der Waals surface area contributed by atoms with Crippen molar-refractivity contribution in [1.29, 1.82) is 0 Å². The van der Waals surface area contributed by atoms with Crippen molar-refractivity contribution >= 4 is 0 Å². The van der Waals surface area contributed by atoms with Gasteiger partial charge in [0.05, 0.1) is 11.3 Å². The summed E-state index contributed by atoms with van der Waals surface area (Å²) in [6.07, 6.45) is 8.80. The maximum Gasteiger partial charge on any atom is 0.0836 e. The van der Waals surface area contributed by atoms with E-state index in [2.05, 4.69) is 31.9 Å². The smallest absolute Gasteiger partial charge is 0.0836 e. The zero-order valence-corrected chi connectivity index (χ0v) is 13.1. The van der Waals surface area contributed by atoms with E-state index in [1.165, 1.54) is 19.3 Å². The molecule has 1 aliphatic carbocycles. The topological polar surface area (TPSA) is 53.1 Å². The fourth-order valence-electron chi connectivity index (χ4n) is 3.25. The van der Waals surface area contributed by atoms with Gasteiger partial charge in [0.15, 0.2) is 0 Å². The first-order valence-corrected chi connectivity index (χ1v) is 8.01. The van der Waals surface area contributed by atoms with Crippen LogP contribution in [-0.2, 0) is 11.2 Å². The Balaban J connectivity index is 2.05. The van der Waals surface area contributed by atoms with Crippen molar-refractivity contribution in [2.75, 3.05) is 6.61 Å². The molecule has 114 valence electrons. The highest BCUT2D eigenvalue weighted by Crippen LogP contribution is 2.34. The highest BCUT2D eigenvalue weighted by atomic mass is 16.5. The van der Waals surface area contributed by atoms with Crippen LogP contribution in [0.25, 0.3) is 0 Å². The van der Waals surface area contributed by atoms with Crippen LogP contribution in [0.3, 0.4) is 0 Å². The van der Waals surface area contributed by atoms with Crippen LogP contribution in [0.2, 0.25) is 0 Å². The summed E-state index contributed by atoms with van der Waals surface area (Å²) in [6, 6.07) is 2.52. The van der Waals surface area contributed by atoms with E-state index in [0.29, 0.717) is 6.04 Å². The predicted molar refractivity (Wildman–Crippen MR) is 81.7 cm³/mol. The minimum atomic E-state index is -0.130. The molecule has 1 fully saturated rings. The van der Waals surface area contributed by atoms with Crippen LogP contribution < -0.4 is 5.73 Å². The van der Waals surface area contributed by atoms with Crippen LogP contribution >= 0.6 is 0 Å². The van der Waals surface area contributed by atoms with E-state index in [1.807, 2.05) is 10.9 Å². The molecular weight excluding hydrogens is 250 g/mol. The lowest BCUT2D eigenvalue weighted by Gasteiger charge is -2.41. The molecular formula is C16H29N3O. The third kappa shape index (κ3) is 3.41. The second-order valence-electron chi connectivity index (χ2n) is 6.25. The molecule has 1 aromatic heterocycles. The van der Waals surface area contributed by atoms with E-state index in [-0.39, 0.29) is 11.6 Å². The Labute approximate surface area is 122 Å². The second kappa shape index (κ2) is 6.72. The summed E-state index contributed by atoms with van der Waals surface area (Å²) in [6.45, 7) is 7.09. The number of hydrogen-bond acceptors (Lipinski definition) is 3. The van der Waals surface area contributed by atoms with Crippen LogP contribution in [-0.4, -0.2) is 28.0 Å². The molecule has 1 saturated carbocycles. The maximum atomic E-state index is 6.51. The molecule has 0 bridgehead atoms. The van der Waals surface area contributed by atoms with Gasteiger partial charge in [-0.1, -0.05) is 19.3 Å². The van der Waals surface area contributed by atoms with Crippen LogP contribution in [0.15, 0.2) is 12.3 Å². The maximum absolute atomic E-state index is 6.51. The van der Waals surface area contributed by atoms with Gasteiger partial charge in [-0.05, 0) is 39.7 Å². The number of nitrogens with two attached hydrogens (primary N) is 1. The summed E-state index contributed by atoms with van der Waals surface area (Å²) in [5, 5.41) is 4.62. The number of ether oxygens (including phenoxy) is 1. The van der Waals surface area contributed by atoms with Crippen molar-refractivity contribution in [3.63, 3.8) is 0 Å². The summed E-state index contributed by atoms with van der Waals surface area (Å²) in [5.41, 5.74) is 7.46. The summed E-state index contributed by atoms with van der Waals surface area (Å²) >= 11 is 0. The van der Waals surface area contributed by atoms with Crippen molar-refractivity contribution < 1.29 is 4.74 Å². The lowest BCUT2D eigenvalue weighted by molar-refractivity contribution is -0.0819. The van der Waals surface area contributed by atoms with Crippen LogP contribution in [0.5, 0.6) is 0 Å². The van der Waals surface area contributed by atoms with Crippen molar-refractivity contribution in [1.82, 2.24) is 9.78 Å². The molecule has 0 spiro atoms. The van der Waals surface area contributed by atoms with Crippen molar-refractivity contribution in [3.05, 3.63) is 18.0 Å². The Bertz CT molecular complexity index is 402. The summed E-state index contributed by atoms with van der Waals surface area (Å²) in [7, 11) is 0. The monoisotopic (exact) mass is 279 g/mol. The van der Waals surface area contributed by atoms with E-state index >= 15 is 0 Å². The van der Waals surface area contributed by atoms with Gasteiger partial charge in [0.25, 0.3) is 0 Å². The number of rotatable bonds is 6. The molecule has 1 aliphatic rings. The lowest BCUT2D eigenvalue weighted by atomic mass is 9.78. The average Bonchev–Trinajstić information content (AvgIpc) is 2.89.